The van der Waals surface area contributed by atoms with Crippen molar-refractivity contribution in [3.8, 4) is 0 Å². The first-order chi connectivity index (χ1) is 15.1. The van der Waals surface area contributed by atoms with Crippen molar-refractivity contribution in [3.05, 3.63) is 62.0 Å². The van der Waals surface area contributed by atoms with Crippen LogP contribution in [0.1, 0.15) is 41.0 Å². The largest absolute Gasteiger partial charge is 0.377 e. The van der Waals surface area contributed by atoms with E-state index >= 15 is 0 Å². The molecule has 0 saturated carbocycles. The number of thiophene rings is 1. The minimum absolute atomic E-state index is 0.000227. The summed E-state index contributed by atoms with van der Waals surface area (Å²) in [5, 5.41) is 9.10. The Morgan fingerprint density at radius 2 is 2.16 bits per heavy atom. The predicted octanol–water partition coefficient (Wildman–Crippen LogP) is 3.47. The Morgan fingerprint density at radius 1 is 1.32 bits per heavy atom. The molecule has 1 amide bonds. The lowest BCUT2D eigenvalue weighted by atomic mass is 9.95. The molecule has 0 radical (unpaired) electrons. The molecule has 2 aromatic heterocycles. The first-order valence-corrected chi connectivity index (χ1v) is 11.7. The van der Waals surface area contributed by atoms with Gasteiger partial charge in [0.05, 0.1) is 12.0 Å². The fraction of sp³-hybridized carbons (Fsp3) is 0.409. The molecule has 7 nitrogen and oxygen atoms in total. The fourth-order valence-corrected chi connectivity index (χ4v) is 4.87. The second-order valence-corrected chi connectivity index (χ2v) is 9.00. The highest BCUT2D eigenvalue weighted by Crippen LogP contribution is 2.22. The zero-order valence-corrected chi connectivity index (χ0v) is 18.7. The van der Waals surface area contributed by atoms with Crippen LogP contribution in [0.2, 0.25) is 5.02 Å². The van der Waals surface area contributed by atoms with Gasteiger partial charge in [0.25, 0.3) is 11.5 Å². The highest BCUT2D eigenvalue weighted by Gasteiger charge is 2.16. The topological polar surface area (TPSA) is 96.1 Å². The number of nitrogens with one attached hydrogen (secondary N) is 3. The molecule has 0 aliphatic carbocycles. The van der Waals surface area contributed by atoms with Gasteiger partial charge in [-0.2, -0.15) is 0 Å². The van der Waals surface area contributed by atoms with Gasteiger partial charge in [0.15, 0.2) is 0 Å². The zero-order chi connectivity index (χ0) is 21.6. The highest BCUT2D eigenvalue weighted by molar-refractivity contribution is 7.16. The molecule has 0 spiro atoms. The van der Waals surface area contributed by atoms with Crippen molar-refractivity contribution in [2.75, 3.05) is 19.7 Å². The maximum atomic E-state index is 12.6. The van der Waals surface area contributed by atoms with Gasteiger partial charge in [-0.25, -0.2) is 4.98 Å². The Bertz CT molecular complexity index is 1110. The standard InChI is InChI=1S/C22H25ClN4O3S/c23-17-3-1-2-15(10-17)11-25-21(29)19-26-20(28)18-16(13-31-22(18)27-19)12-30-9-6-14-4-7-24-8-5-14/h1-3,10,13-14,24H,4-9,11-12H2,(H,25,29)(H,26,27,28). The van der Waals surface area contributed by atoms with E-state index in [2.05, 4.69) is 20.6 Å². The number of hydrogen-bond acceptors (Lipinski definition) is 6. The Balaban J connectivity index is 1.36. The number of H-pyrrole nitrogens is 1. The zero-order valence-electron chi connectivity index (χ0n) is 17.1. The molecule has 164 valence electrons. The van der Waals surface area contributed by atoms with Crippen molar-refractivity contribution in [2.45, 2.75) is 32.4 Å². The van der Waals surface area contributed by atoms with Crippen LogP contribution in [0, 0.1) is 5.92 Å². The minimum atomic E-state index is -0.438. The summed E-state index contributed by atoms with van der Waals surface area (Å²) in [5.74, 6) is 0.269. The molecule has 0 unspecified atom stereocenters. The monoisotopic (exact) mass is 460 g/mol. The normalized spacial score (nSPS) is 14.7. The van der Waals surface area contributed by atoms with Crippen LogP contribution in [0.5, 0.6) is 0 Å². The van der Waals surface area contributed by atoms with E-state index in [1.165, 1.54) is 24.2 Å². The van der Waals surface area contributed by atoms with Crippen LogP contribution in [0.25, 0.3) is 10.2 Å². The van der Waals surface area contributed by atoms with E-state index < -0.39 is 5.91 Å². The van der Waals surface area contributed by atoms with E-state index in [0.717, 1.165) is 30.6 Å². The van der Waals surface area contributed by atoms with Gasteiger partial charge in [-0.1, -0.05) is 23.7 Å². The molecule has 1 aromatic carbocycles. The van der Waals surface area contributed by atoms with Crippen LogP contribution < -0.4 is 16.2 Å². The Morgan fingerprint density at radius 3 is 2.97 bits per heavy atom. The number of carbonyl (C=O) groups excluding carboxylic acids is 1. The van der Waals surface area contributed by atoms with E-state index in [1.807, 2.05) is 17.5 Å². The lowest BCUT2D eigenvalue weighted by molar-refractivity contribution is 0.0940. The molecule has 1 aliphatic rings. The maximum absolute atomic E-state index is 12.6. The number of aromatic amines is 1. The average molecular weight is 461 g/mol. The summed E-state index contributed by atoms with van der Waals surface area (Å²) in [4.78, 5) is 32.6. The van der Waals surface area contributed by atoms with Gasteiger partial charge >= 0.3 is 0 Å². The predicted molar refractivity (Wildman–Crippen MR) is 123 cm³/mol. The molecule has 4 rings (SSSR count). The second-order valence-electron chi connectivity index (χ2n) is 7.70. The molecule has 9 heteroatoms. The smallest absolute Gasteiger partial charge is 0.287 e. The summed E-state index contributed by atoms with van der Waals surface area (Å²) < 4.78 is 5.83. The number of carbonyl (C=O) groups is 1. The molecular formula is C22H25ClN4O3S. The van der Waals surface area contributed by atoms with Gasteiger partial charge in [-0.15, -0.1) is 11.3 Å². The van der Waals surface area contributed by atoms with Gasteiger partial charge in [-0.05, 0) is 61.3 Å². The minimum Gasteiger partial charge on any atom is -0.377 e. The van der Waals surface area contributed by atoms with E-state index in [0.29, 0.717) is 40.9 Å². The van der Waals surface area contributed by atoms with E-state index in [1.54, 1.807) is 12.1 Å². The lowest BCUT2D eigenvalue weighted by Gasteiger charge is -2.22. The highest BCUT2D eigenvalue weighted by atomic mass is 35.5. The summed E-state index contributed by atoms with van der Waals surface area (Å²) in [7, 11) is 0. The van der Waals surface area contributed by atoms with Crippen molar-refractivity contribution >= 4 is 39.1 Å². The molecule has 0 bridgehead atoms. The third-order valence-electron chi connectivity index (χ3n) is 5.46. The number of fused-ring (bicyclic) bond motifs is 1. The molecule has 3 aromatic rings. The van der Waals surface area contributed by atoms with Gasteiger partial charge < -0.3 is 20.4 Å². The van der Waals surface area contributed by atoms with Crippen molar-refractivity contribution < 1.29 is 9.53 Å². The molecule has 0 atom stereocenters. The second kappa shape index (κ2) is 10.4. The van der Waals surface area contributed by atoms with Crippen LogP contribution >= 0.6 is 22.9 Å². The van der Waals surface area contributed by atoms with Crippen LogP contribution in [-0.2, 0) is 17.9 Å². The van der Waals surface area contributed by atoms with Crippen LogP contribution in [0.3, 0.4) is 0 Å². The number of nitrogens with zero attached hydrogens (tertiary/aromatic N) is 1. The van der Waals surface area contributed by atoms with Gasteiger partial charge in [-0.3, -0.25) is 9.59 Å². The average Bonchev–Trinajstić information content (AvgIpc) is 3.19. The molecule has 3 N–H and O–H groups in total. The van der Waals surface area contributed by atoms with E-state index in [4.69, 9.17) is 16.3 Å². The third kappa shape index (κ3) is 5.71. The first-order valence-electron chi connectivity index (χ1n) is 10.4. The molecular weight excluding hydrogens is 436 g/mol. The SMILES string of the molecule is O=C(NCc1cccc(Cl)c1)c1nc2scc(COCCC3CCNCC3)c2c(=O)[nH]1. The Hall–Kier alpha value is -2.26. The van der Waals surface area contributed by atoms with Crippen molar-refractivity contribution in [3.63, 3.8) is 0 Å². The number of rotatable bonds is 8. The summed E-state index contributed by atoms with van der Waals surface area (Å²) in [6.07, 6.45) is 3.42. The van der Waals surface area contributed by atoms with E-state index in [9.17, 15) is 9.59 Å². The van der Waals surface area contributed by atoms with Crippen LogP contribution in [0.15, 0.2) is 34.4 Å². The summed E-state index contributed by atoms with van der Waals surface area (Å²) in [6.45, 7) is 3.50. The number of benzene rings is 1. The number of halogens is 1. The number of hydrogen-bond donors (Lipinski definition) is 3. The molecule has 3 heterocycles. The third-order valence-corrected chi connectivity index (χ3v) is 6.62. The number of ether oxygens (including phenoxy) is 1. The summed E-state index contributed by atoms with van der Waals surface area (Å²) in [5.41, 5.74) is 1.35. The molecule has 1 fully saturated rings. The first kappa shape index (κ1) is 22.0. The van der Waals surface area contributed by atoms with E-state index in [-0.39, 0.29) is 11.4 Å². The Labute approximate surface area is 189 Å². The number of aromatic nitrogens is 2. The maximum Gasteiger partial charge on any atom is 0.287 e. The van der Waals surface area contributed by atoms with Gasteiger partial charge in [0.1, 0.15) is 4.83 Å². The summed E-state index contributed by atoms with van der Waals surface area (Å²) in [6, 6.07) is 7.23. The van der Waals surface area contributed by atoms with Crippen molar-refractivity contribution in [1.29, 1.82) is 0 Å². The molecule has 1 saturated heterocycles. The van der Waals surface area contributed by atoms with Crippen LogP contribution in [-0.4, -0.2) is 35.6 Å². The lowest BCUT2D eigenvalue weighted by Crippen LogP contribution is -2.28. The van der Waals surface area contributed by atoms with Gasteiger partial charge in [0, 0.05) is 23.7 Å². The molecule has 1 aliphatic heterocycles. The quantitative estimate of drug-likeness (QED) is 0.447. The molecule has 31 heavy (non-hydrogen) atoms. The fourth-order valence-electron chi connectivity index (χ4n) is 3.74. The van der Waals surface area contributed by atoms with Crippen molar-refractivity contribution in [2.24, 2.45) is 5.92 Å². The van der Waals surface area contributed by atoms with Crippen molar-refractivity contribution in [1.82, 2.24) is 20.6 Å². The Kier molecular flexibility index (Phi) is 7.34. The number of piperidine rings is 1. The number of amides is 1. The summed E-state index contributed by atoms with van der Waals surface area (Å²) >= 11 is 7.31. The van der Waals surface area contributed by atoms with Gasteiger partial charge in [0.2, 0.25) is 5.82 Å². The van der Waals surface area contributed by atoms with Crippen LogP contribution in [0.4, 0.5) is 0 Å².